The Labute approximate surface area is 359 Å². The summed E-state index contributed by atoms with van der Waals surface area (Å²) in [4.78, 5) is 98.2. The molecule has 1 aliphatic rings. The van der Waals surface area contributed by atoms with E-state index in [0.717, 1.165) is 22.4 Å². The maximum Gasteiger partial charge on any atom is 0.490 e. The molecule has 2 heterocycles. The lowest BCUT2D eigenvalue weighted by Gasteiger charge is -2.25. The van der Waals surface area contributed by atoms with Crippen LogP contribution in [0.15, 0.2) is 76.4 Å². The van der Waals surface area contributed by atoms with Gasteiger partial charge in [-0.1, -0.05) is 42.5 Å². The summed E-state index contributed by atoms with van der Waals surface area (Å²) in [7, 11) is 0. The summed E-state index contributed by atoms with van der Waals surface area (Å²) in [6.45, 7) is -0.621. The van der Waals surface area contributed by atoms with Crippen LogP contribution >= 0.6 is 11.8 Å². The number of benzene rings is 2. The first-order chi connectivity index (χ1) is 29.7. The second kappa shape index (κ2) is 24.3. The number of carbonyl (C=O) groups excluding carboxylic acids is 4. The summed E-state index contributed by atoms with van der Waals surface area (Å²) >= 11 is 1.43. The molecule has 0 spiro atoms. The van der Waals surface area contributed by atoms with E-state index in [9.17, 15) is 62.3 Å². The smallest absolute Gasteiger partial charge is 0.475 e. The maximum atomic E-state index is 13.6. The Morgan fingerprint density at radius 3 is 2.16 bits per heavy atom. The normalized spacial score (nSPS) is 18.3. The molecule has 2 aromatic carbocycles. The van der Waals surface area contributed by atoms with Gasteiger partial charge in [-0.25, -0.2) is 14.4 Å². The zero-order valence-corrected chi connectivity index (χ0v) is 34.1. The van der Waals surface area contributed by atoms with Gasteiger partial charge in [-0.05, 0) is 42.4 Å². The Hall–Kier alpha value is -6.35. The fourth-order valence-corrected chi connectivity index (χ4v) is 6.15. The molecule has 1 aliphatic heterocycles. The van der Waals surface area contributed by atoms with E-state index in [0.29, 0.717) is 17.7 Å². The zero-order chi connectivity index (χ0) is 46.9. The second-order valence-electron chi connectivity index (χ2n) is 13.6. The first kappa shape index (κ1) is 51.0. The Bertz CT molecular complexity index is 2150. The van der Waals surface area contributed by atoms with Crippen molar-refractivity contribution in [3.63, 3.8) is 0 Å². The van der Waals surface area contributed by atoms with Crippen LogP contribution in [0.25, 0.3) is 0 Å². The molecular weight excluding hydrogens is 868 g/mol. The number of ether oxygens (including phenoxy) is 1. The molecule has 26 heteroatoms. The molecule has 0 bridgehead atoms. The van der Waals surface area contributed by atoms with Crippen LogP contribution in [-0.2, 0) is 36.8 Å². The highest BCUT2D eigenvalue weighted by molar-refractivity contribution is 7.98. The number of aromatic nitrogens is 2. The number of nitrogens with zero attached hydrogens (tertiary/aromatic N) is 2. The highest BCUT2D eigenvalue weighted by atomic mass is 32.2. The highest BCUT2D eigenvalue weighted by Gasteiger charge is 2.44. The van der Waals surface area contributed by atoms with Crippen LogP contribution < -0.4 is 43.6 Å². The summed E-state index contributed by atoms with van der Waals surface area (Å²) in [5.41, 5.74) is 5.89. The Kier molecular flexibility index (Phi) is 19.7. The molecule has 63 heavy (non-hydrogen) atoms. The molecule has 1 fully saturated rings. The van der Waals surface area contributed by atoms with Crippen LogP contribution in [0.1, 0.15) is 23.8 Å². The number of thioether (sulfide) groups is 1. The van der Waals surface area contributed by atoms with E-state index >= 15 is 0 Å². The first-order valence-corrected chi connectivity index (χ1v) is 20.2. The number of H-pyrrole nitrogens is 1. The molecule has 4 rings (SSSR count). The molecule has 344 valence electrons. The fourth-order valence-electron chi connectivity index (χ4n) is 5.67. The predicted molar refractivity (Wildman–Crippen MR) is 217 cm³/mol. The number of nitrogens with one attached hydrogen (secondary N) is 6. The molecule has 1 saturated heterocycles. The number of non-ortho nitro benzene ring substituents is 1. The van der Waals surface area contributed by atoms with E-state index in [1.165, 1.54) is 36.0 Å². The van der Waals surface area contributed by atoms with Crippen molar-refractivity contribution in [2.45, 2.75) is 68.1 Å². The largest absolute Gasteiger partial charge is 0.490 e. The van der Waals surface area contributed by atoms with E-state index < -0.39 is 108 Å². The van der Waals surface area contributed by atoms with Crippen molar-refractivity contribution in [2.24, 2.45) is 5.73 Å². The number of nitro groups is 1. The number of amides is 5. The third-order valence-corrected chi connectivity index (χ3v) is 9.65. The lowest BCUT2D eigenvalue weighted by Crippen LogP contribution is -2.59. The van der Waals surface area contributed by atoms with Crippen molar-refractivity contribution in [1.82, 2.24) is 36.1 Å². The number of aliphatic hydroxyl groups is 2. The molecule has 0 unspecified atom stereocenters. The summed E-state index contributed by atoms with van der Waals surface area (Å²) < 4.78 is 38.3. The summed E-state index contributed by atoms with van der Waals surface area (Å²) in [5.74, 6) is -4.60. The summed E-state index contributed by atoms with van der Waals surface area (Å²) in [6.07, 6.45) is -7.36. The summed E-state index contributed by atoms with van der Waals surface area (Å²) in [6, 6.07) is 11.6. The molecule has 5 amide bonds. The van der Waals surface area contributed by atoms with Crippen molar-refractivity contribution < 1.29 is 62.1 Å². The number of carboxylic acids is 1. The number of hydrogen-bond donors (Lipinski definition) is 10. The fraction of sp³-hybridized carbons (Fsp3) is 0.432. The number of alkyl halides is 3. The van der Waals surface area contributed by atoms with E-state index in [1.807, 2.05) is 41.6 Å². The zero-order valence-electron chi connectivity index (χ0n) is 33.3. The standard InChI is InChI=1S/C35H45N9O11S.C2HF3O2/c1-56-16-13-24(41-34(51)37-14-11-20-5-3-2-4-6-20)32(50)40-25(18-38-30(48)23(36)17-21-7-9-22(10-8-21)44(53)54)31(49)39-19-26-28(46)29(47)33(55-26)43-15-12-27(45)42-35(43)52;3-2(4,5)1(6)7/h2-10,12,15,23-26,28-29,33,46-47H,11,13-14,16-19,36H2,1H3,(H,38,48)(H,39,49)(H,40,50)(H2,37,41,51)(H,42,45,52);(H,6,7)/t23-,24-,25-,26+,28+,29+,33+;/m0./s1. The minimum Gasteiger partial charge on any atom is -0.475 e. The topological polar surface area (TPSA) is 339 Å². The van der Waals surface area contributed by atoms with Gasteiger partial charge in [0.25, 0.3) is 11.2 Å². The third-order valence-electron chi connectivity index (χ3n) is 9.01. The molecular formula is C37H46F3N9O13S. The lowest BCUT2D eigenvalue weighted by molar-refractivity contribution is -0.384. The van der Waals surface area contributed by atoms with Crippen molar-refractivity contribution in [1.29, 1.82) is 0 Å². The van der Waals surface area contributed by atoms with Crippen LogP contribution in [0.4, 0.5) is 23.7 Å². The molecule has 7 atom stereocenters. The second-order valence-corrected chi connectivity index (χ2v) is 14.6. The van der Waals surface area contributed by atoms with Gasteiger partial charge in [-0.2, -0.15) is 24.9 Å². The number of rotatable bonds is 19. The number of aliphatic carboxylic acids is 1. The number of urea groups is 1. The minimum absolute atomic E-state index is 0.00803. The quantitative estimate of drug-likeness (QED) is 0.0491. The average Bonchev–Trinajstić information content (AvgIpc) is 3.51. The van der Waals surface area contributed by atoms with Crippen molar-refractivity contribution in [2.75, 3.05) is 31.6 Å². The Morgan fingerprint density at radius 1 is 0.921 bits per heavy atom. The first-order valence-electron chi connectivity index (χ1n) is 18.8. The summed E-state index contributed by atoms with van der Waals surface area (Å²) in [5, 5.41) is 52.3. The van der Waals surface area contributed by atoms with Gasteiger partial charge in [-0.3, -0.25) is 38.8 Å². The maximum absolute atomic E-state index is 13.6. The number of nitrogens with two attached hydrogens (primary N) is 1. The predicted octanol–water partition coefficient (Wildman–Crippen LogP) is -1.35. The monoisotopic (exact) mass is 913 g/mol. The number of aromatic amines is 1. The van der Waals surface area contributed by atoms with Gasteiger partial charge in [0.15, 0.2) is 6.23 Å². The molecule has 0 aliphatic carbocycles. The van der Waals surface area contributed by atoms with Gasteiger partial charge in [-0.15, -0.1) is 0 Å². The third kappa shape index (κ3) is 16.5. The molecule has 3 aromatic rings. The van der Waals surface area contributed by atoms with Crippen molar-refractivity contribution in [3.05, 3.63) is 109 Å². The average molecular weight is 914 g/mol. The van der Waals surface area contributed by atoms with E-state index in [-0.39, 0.29) is 25.1 Å². The Morgan fingerprint density at radius 2 is 1.57 bits per heavy atom. The van der Waals surface area contributed by atoms with Gasteiger partial charge in [0.2, 0.25) is 17.7 Å². The lowest BCUT2D eigenvalue weighted by atomic mass is 10.1. The van der Waals surface area contributed by atoms with Gasteiger partial charge in [0.05, 0.1) is 11.0 Å². The number of halogens is 3. The SMILES string of the molecule is CSCC[C@H](NC(=O)NCCc1ccccc1)C(=O)N[C@@H](CNC(=O)[C@@H](N)Cc1ccc([N+](=O)[O-])cc1)C(=O)NC[C@H]1O[C@@H](n2ccc(=O)[nH]c2=O)[C@H](O)[C@@H]1O.O=C(O)C(F)(F)F. The number of hydrogen-bond acceptors (Lipinski definition) is 14. The van der Waals surface area contributed by atoms with Crippen LogP contribution in [0.2, 0.25) is 0 Å². The van der Waals surface area contributed by atoms with E-state index in [2.05, 4.69) is 26.6 Å². The van der Waals surface area contributed by atoms with Crippen LogP contribution in [0.5, 0.6) is 0 Å². The minimum atomic E-state index is -5.08. The number of aliphatic hydroxyl groups excluding tert-OH is 2. The van der Waals surface area contributed by atoms with Crippen LogP contribution in [0, 0.1) is 10.1 Å². The Balaban J connectivity index is 0.00000139. The highest BCUT2D eigenvalue weighted by Crippen LogP contribution is 2.28. The van der Waals surface area contributed by atoms with Gasteiger partial charge < -0.3 is 52.4 Å². The van der Waals surface area contributed by atoms with Crippen LogP contribution in [-0.4, -0.2) is 134 Å². The van der Waals surface area contributed by atoms with Gasteiger partial charge in [0, 0.05) is 44.0 Å². The molecule has 0 saturated carbocycles. The van der Waals surface area contributed by atoms with Crippen LogP contribution in [0.3, 0.4) is 0 Å². The molecule has 0 radical (unpaired) electrons. The molecule has 11 N–H and O–H groups in total. The van der Waals surface area contributed by atoms with E-state index in [1.54, 1.807) is 0 Å². The number of nitro benzene ring substituents is 1. The number of carboxylic acid groups (broad SMARTS) is 1. The van der Waals surface area contributed by atoms with Gasteiger partial charge >= 0.3 is 23.9 Å². The van der Waals surface area contributed by atoms with Crippen molar-refractivity contribution in [3.8, 4) is 0 Å². The molecule has 1 aromatic heterocycles. The van der Waals surface area contributed by atoms with Crippen molar-refractivity contribution >= 4 is 47.2 Å². The van der Waals surface area contributed by atoms with E-state index in [4.69, 9.17) is 20.4 Å². The molecule has 22 nitrogen and oxygen atoms in total. The van der Waals surface area contributed by atoms with Gasteiger partial charge in [0.1, 0.15) is 30.4 Å². The number of carbonyl (C=O) groups is 5.